The Morgan fingerprint density at radius 2 is 1.55 bits per heavy atom. The van der Waals surface area contributed by atoms with E-state index >= 15 is 0 Å². The Morgan fingerprint density at radius 3 is 2.09 bits per heavy atom. The lowest BCUT2D eigenvalue weighted by molar-refractivity contribution is -0.496. The second kappa shape index (κ2) is 7.00. The van der Waals surface area contributed by atoms with Gasteiger partial charge in [-0.3, -0.25) is 10.1 Å². The summed E-state index contributed by atoms with van der Waals surface area (Å²) >= 11 is 0. The van der Waals surface area contributed by atoms with Gasteiger partial charge in [0.15, 0.2) is 0 Å². The van der Waals surface area contributed by atoms with Gasteiger partial charge in [-0.15, -0.1) is 0 Å². The van der Waals surface area contributed by atoms with Crippen LogP contribution in [0.15, 0.2) is 71.6 Å². The van der Waals surface area contributed by atoms with Gasteiger partial charge in [-0.1, -0.05) is 60.7 Å². The normalized spacial score (nSPS) is 13.1. The standard InChI is InChI=1S/C16H15NO4S/c18-17(19)16(13-7-10-14-8-3-1-4-9-14)22(20,21)15-11-5-2-6-12-15/h1-12,16H,13H2/b10-7+. The fourth-order valence-electron chi connectivity index (χ4n) is 1.98. The van der Waals surface area contributed by atoms with Crippen molar-refractivity contribution in [1.29, 1.82) is 0 Å². The molecule has 5 nitrogen and oxygen atoms in total. The van der Waals surface area contributed by atoms with Crippen molar-refractivity contribution in [3.63, 3.8) is 0 Å². The largest absolute Gasteiger partial charge is 0.318 e. The molecule has 0 fully saturated rings. The summed E-state index contributed by atoms with van der Waals surface area (Å²) in [5, 5.41) is 9.47. The molecule has 0 aliphatic carbocycles. The third-order valence-corrected chi connectivity index (χ3v) is 5.12. The molecule has 0 spiro atoms. The maximum Gasteiger partial charge on any atom is 0.318 e. The fourth-order valence-corrected chi connectivity index (χ4v) is 3.42. The van der Waals surface area contributed by atoms with Crippen molar-refractivity contribution in [2.24, 2.45) is 0 Å². The van der Waals surface area contributed by atoms with E-state index in [1.54, 1.807) is 24.3 Å². The van der Waals surface area contributed by atoms with E-state index in [1.807, 2.05) is 30.3 Å². The second-order valence-electron chi connectivity index (χ2n) is 4.65. The number of sulfone groups is 1. The lowest BCUT2D eigenvalue weighted by Crippen LogP contribution is -2.29. The Bertz CT molecular complexity index is 755. The quantitative estimate of drug-likeness (QED) is 0.605. The van der Waals surface area contributed by atoms with Crippen LogP contribution < -0.4 is 0 Å². The monoisotopic (exact) mass is 317 g/mol. The second-order valence-corrected chi connectivity index (χ2v) is 6.75. The molecule has 0 aliphatic rings. The average molecular weight is 317 g/mol. The molecule has 0 aromatic heterocycles. The van der Waals surface area contributed by atoms with Crippen LogP contribution in [0.25, 0.3) is 6.08 Å². The van der Waals surface area contributed by atoms with Crippen LogP contribution in [0.4, 0.5) is 0 Å². The predicted octanol–water partition coefficient (Wildman–Crippen LogP) is 3.17. The van der Waals surface area contributed by atoms with Gasteiger partial charge in [0.05, 0.1) is 4.90 Å². The van der Waals surface area contributed by atoms with E-state index in [-0.39, 0.29) is 11.3 Å². The first-order valence-electron chi connectivity index (χ1n) is 6.66. The van der Waals surface area contributed by atoms with Crippen LogP contribution >= 0.6 is 0 Å². The summed E-state index contributed by atoms with van der Waals surface area (Å²) in [4.78, 5) is 10.4. The van der Waals surface area contributed by atoms with Crippen molar-refractivity contribution in [2.75, 3.05) is 0 Å². The average Bonchev–Trinajstić information content (AvgIpc) is 2.53. The van der Waals surface area contributed by atoms with E-state index in [1.165, 1.54) is 18.2 Å². The van der Waals surface area contributed by atoms with Crippen LogP contribution in [0.3, 0.4) is 0 Å². The first-order valence-corrected chi connectivity index (χ1v) is 8.20. The molecule has 0 amide bonds. The summed E-state index contributed by atoms with van der Waals surface area (Å²) in [6, 6.07) is 16.7. The van der Waals surface area contributed by atoms with Crippen LogP contribution in [0, 0.1) is 10.1 Å². The highest BCUT2D eigenvalue weighted by atomic mass is 32.2. The van der Waals surface area contributed by atoms with E-state index in [0.29, 0.717) is 0 Å². The summed E-state index contributed by atoms with van der Waals surface area (Å²) in [6.07, 6.45) is 3.01. The van der Waals surface area contributed by atoms with E-state index in [0.717, 1.165) is 5.56 Å². The molecule has 0 radical (unpaired) electrons. The third-order valence-electron chi connectivity index (χ3n) is 3.11. The maximum atomic E-state index is 12.3. The van der Waals surface area contributed by atoms with Gasteiger partial charge in [-0.2, -0.15) is 0 Å². The van der Waals surface area contributed by atoms with Crippen LogP contribution in [-0.2, 0) is 9.84 Å². The maximum absolute atomic E-state index is 12.3. The van der Waals surface area contributed by atoms with E-state index in [9.17, 15) is 18.5 Å². The van der Waals surface area contributed by atoms with Crippen molar-refractivity contribution in [3.05, 3.63) is 82.4 Å². The Hall–Kier alpha value is -2.47. The molecular formula is C16H15NO4S. The van der Waals surface area contributed by atoms with Gasteiger partial charge in [0.1, 0.15) is 0 Å². The third kappa shape index (κ3) is 3.79. The smallest absolute Gasteiger partial charge is 0.263 e. The minimum absolute atomic E-state index is 0.0372. The highest BCUT2D eigenvalue weighted by Gasteiger charge is 2.36. The van der Waals surface area contributed by atoms with Gasteiger partial charge < -0.3 is 0 Å². The number of hydrogen-bond donors (Lipinski definition) is 0. The summed E-state index contributed by atoms with van der Waals surface area (Å²) in [5.74, 6) is 0. The molecule has 0 saturated carbocycles. The first-order chi connectivity index (χ1) is 10.5. The molecule has 0 bridgehead atoms. The van der Waals surface area contributed by atoms with Crippen LogP contribution in [0.1, 0.15) is 12.0 Å². The molecule has 1 atom stereocenters. The number of hydrogen-bond acceptors (Lipinski definition) is 4. The molecule has 0 heterocycles. The Balaban J connectivity index is 2.21. The molecule has 0 aliphatic heterocycles. The number of nitrogens with zero attached hydrogens (tertiary/aromatic N) is 1. The van der Waals surface area contributed by atoms with Crippen LogP contribution in [0.2, 0.25) is 0 Å². The molecular weight excluding hydrogens is 302 g/mol. The number of nitro groups is 1. The molecule has 0 N–H and O–H groups in total. The highest BCUT2D eigenvalue weighted by molar-refractivity contribution is 7.91. The summed E-state index contributed by atoms with van der Waals surface area (Å²) < 4.78 is 24.7. The van der Waals surface area contributed by atoms with Crippen LogP contribution in [0.5, 0.6) is 0 Å². The molecule has 22 heavy (non-hydrogen) atoms. The van der Waals surface area contributed by atoms with Crippen molar-refractivity contribution in [3.8, 4) is 0 Å². The summed E-state index contributed by atoms with van der Waals surface area (Å²) in [6.45, 7) is 0. The molecule has 2 aromatic carbocycles. The number of rotatable bonds is 6. The first kappa shape index (κ1) is 15.9. The van der Waals surface area contributed by atoms with E-state index < -0.39 is 20.1 Å². The lowest BCUT2D eigenvalue weighted by Gasteiger charge is -2.08. The number of benzene rings is 2. The van der Waals surface area contributed by atoms with Crippen molar-refractivity contribution in [1.82, 2.24) is 0 Å². The van der Waals surface area contributed by atoms with Gasteiger partial charge >= 0.3 is 5.37 Å². The van der Waals surface area contributed by atoms with Crippen LogP contribution in [-0.4, -0.2) is 18.7 Å². The topological polar surface area (TPSA) is 77.3 Å². The molecule has 2 aromatic rings. The van der Waals surface area contributed by atoms with E-state index in [4.69, 9.17) is 0 Å². The molecule has 1 unspecified atom stereocenters. The minimum Gasteiger partial charge on any atom is -0.263 e. The van der Waals surface area contributed by atoms with Gasteiger partial charge in [-0.05, 0) is 17.7 Å². The lowest BCUT2D eigenvalue weighted by atomic mass is 10.2. The van der Waals surface area contributed by atoms with Gasteiger partial charge in [0, 0.05) is 11.3 Å². The Morgan fingerprint density at radius 1 is 1.00 bits per heavy atom. The molecule has 0 saturated heterocycles. The molecule has 6 heteroatoms. The zero-order chi connectivity index (χ0) is 16.0. The Labute approximate surface area is 129 Å². The fraction of sp³-hybridized carbons (Fsp3) is 0.125. The van der Waals surface area contributed by atoms with Gasteiger partial charge in [0.2, 0.25) is 9.84 Å². The Kier molecular flexibility index (Phi) is 5.06. The van der Waals surface area contributed by atoms with E-state index in [2.05, 4.69) is 0 Å². The van der Waals surface area contributed by atoms with Gasteiger partial charge in [-0.25, -0.2) is 8.42 Å². The van der Waals surface area contributed by atoms with Crippen molar-refractivity contribution < 1.29 is 13.3 Å². The van der Waals surface area contributed by atoms with Crippen molar-refractivity contribution >= 4 is 15.9 Å². The molecule has 114 valence electrons. The van der Waals surface area contributed by atoms with Crippen molar-refractivity contribution in [2.45, 2.75) is 16.7 Å². The van der Waals surface area contributed by atoms with Gasteiger partial charge in [0.25, 0.3) is 0 Å². The summed E-state index contributed by atoms with van der Waals surface area (Å²) in [7, 11) is -4.01. The zero-order valence-electron chi connectivity index (χ0n) is 11.7. The predicted molar refractivity (Wildman–Crippen MR) is 84.5 cm³/mol. The minimum atomic E-state index is -4.01. The molecule has 2 rings (SSSR count). The summed E-state index contributed by atoms with van der Waals surface area (Å²) in [5.41, 5.74) is 0.863. The highest BCUT2D eigenvalue weighted by Crippen LogP contribution is 2.19. The SMILES string of the molecule is O=[N+]([O-])C(C/C=C/c1ccccc1)S(=O)(=O)c1ccccc1. The zero-order valence-corrected chi connectivity index (χ0v) is 12.5.